The lowest BCUT2D eigenvalue weighted by molar-refractivity contribution is 0.0699. The van der Waals surface area contributed by atoms with Crippen LogP contribution < -0.4 is 10.1 Å². The van der Waals surface area contributed by atoms with Gasteiger partial charge in [0.25, 0.3) is 5.91 Å². The van der Waals surface area contributed by atoms with Crippen LogP contribution in [0, 0.1) is 23.3 Å². The topological polar surface area (TPSA) is 75.6 Å². The summed E-state index contributed by atoms with van der Waals surface area (Å²) >= 11 is 0.919. The van der Waals surface area contributed by atoms with Crippen LogP contribution in [0.25, 0.3) is 10.4 Å². The number of halogens is 4. The summed E-state index contributed by atoms with van der Waals surface area (Å²) in [6, 6.07) is 5.45. The Kier molecular flexibility index (Phi) is 5.55. The second kappa shape index (κ2) is 7.92. The van der Waals surface area contributed by atoms with Gasteiger partial charge in [-0.3, -0.25) is 4.79 Å². The van der Waals surface area contributed by atoms with Gasteiger partial charge in [0, 0.05) is 11.4 Å². The van der Waals surface area contributed by atoms with Crippen molar-refractivity contribution in [2.45, 2.75) is 0 Å². The second-order valence-electron chi connectivity index (χ2n) is 5.68. The molecule has 3 aromatic rings. The first kappa shape index (κ1) is 20.3. The fourth-order valence-corrected chi connectivity index (χ4v) is 3.59. The number of nitrogens with one attached hydrogen (secondary N) is 1. The lowest BCUT2D eigenvalue weighted by Gasteiger charge is -2.10. The van der Waals surface area contributed by atoms with Crippen LogP contribution in [-0.2, 0) is 0 Å². The minimum Gasteiger partial charge on any atom is -0.493 e. The number of amides is 1. The third-order valence-corrected chi connectivity index (χ3v) is 4.96. The maximum Gasteiger partial charge on any atom is 0.339 e. The monoisotopic (exact) mass is 425 g/mol. The standard InChI is InChI=1S/C19H11F4NO4S/c1-28-12-6-10(21)13(16(23)15(12)22)18(25)24-11-7-29-17(14(11)19(26)27)8-2-4-9(20)5-3-8/h2-7H,1H3,(H,24,25)(H,26,27). The van der Waals surface area contributed by atoms with E-state index in [9.17, 15) is 32.3 Å². The number of carboxylic acids is 1. The first-order valence-corrected chi connectivity index (χ1v) is 8.76. The summed E-state index contributed by atoms with van der Waals surface area (Å²) in [7, 11) is 0.999. The molecule has 0 radical (unpaired) electrons. The van der Waals surface area contributed by atoms with Crippen molar-refractivity contribution in [3.05, 3.63) is 70.1 Å². The van der Waals surface area contributed by atoms with Gasteiger partial charge in [0.15, 0.2) is 11.6 Å². The van der Waals surface area contributed by atoms with Gasteiger partial charge < -0.3 is 15.2 Å². The highest BCUT2D eigenvalue weighted by Crippen LogP contribution is 2.37. The Bertz CT molecular complexity index is 1110. The predicted molar refractivity (Wildman–Crippen MR) is 97.5 cm³/mol. The minimum absolute atomic E-state index is 0.189. The molecule has 3 rings (SSSR count). The molecule has 0 saturated heterocycles. The van der Waals surface area contributed by atoms with E-state index < -0.39 is 46.5 Å². The van der Waals surface area contributed by atoms with Crippen LogP contribution in [0.4, 0.5) is 23.2 Å². The van der Waals surface area contributed by atoms with Crippen molar-refractivity contribution in [1.29, 1.82) is 0 Å². The van der Waals surface area contributed by atoms with E-state index in [0.717, 1.165) is 30.6 Å². The number of hydrogen-bond donors (Lipinski definition) is 2. The van der Waals surface area contributed by atoms with Crippen LogP contribution in [-0.4, -0.2) is 24.1 Å². The van der Waals surface area contributed by atoms with Crippen molar-refractivity contribution in [2.75, 3.05) is 12.4 Å². The number of methoxy groups -OCH3 is 1. The fraction of sp³-hybridized carbons (Fsp3) is 0.0526. The van der Waals surface area contributed by atoms with Crippen molar-refractivity contribution in [3.8, 4) is 16.2 Å². The Hall–Kier alpha value is -3.40. The molecule has 0 aliphatic rings. The Balaban J connectivity index is 2.01. The molecule has 0 bridgehead atoms. The number of rotatable bonds is 5. The number of carboxylic acid groups (broad SMARTS) is 1. The number of carbonyl (C=O) groups excluding carboxylic acids is 1. The smallest absolute Gasteiger partial charge is 0.339 e. The molecule has 2 aromatic carbocycles. The average Bonchev–Trinajstić information content (AvgIpc) is 3.09. The van der Waals surface area contributed by atoms with E-state index in [1.807, 2.05) is 0 Å². The number of ether oxygens (including phenoxy) is 1. The molecule has 2 N–H and O–H groups in total. The summed E-state index contributed by atoms with van der Waals surface area (Å²) in [5, 5.41) is 12.8. The van der Waals surface area contributed by atoms with Gasteiger partial charge >= 0.3 is 5.97 Å². The highest BCUT2D eigenvalue weighted by Gasteiger charge is 2.27. The number of benzene rings is 2. The zero-order valence-corrected chi connectivity index (χ0v) is 15.4. The number of carbonyl (C=O) groups is 2. The molecule has 5 nitrogen and oxygen atoms in total. The van der Waals surface area contributed by atoms with Gasteiger partial charge in [-0.1, -0.05) is 12.1 Å². The summed E-state index contributed by atoms with van der Waals surface area (Å²) in [6.07, 6.45) is 0. The normalized spacial score (nSPS) is 10.7. The van der Waals surface area contributed by atoms with E-state index in [2.05, 4.69) is 10.1 Å². The van der Waals surface area contributed by atoms with E-state index in [1.54, 1.807) is 0 Å². The Morgan fingerprint density at radius 1 is 1.03 bits per heavy atom. The van der Waals surface area contributed by atoms with Gasteiger partial charge in [0.1, 0.15) is 22.8 Å². The van der Waals surface area contributed by atoms with Crippen LogP contribution in [0.5, 0.6) is 5.75 Å². The average molecular weight is 425 g/mol. The largest absolute Gasteiger partial charge is 0.493 e. The lowest BCUT2D eigenvalue weighted by atomic mass is 10.1. The molecule has 29 heavy (non-hydrogen) atoms. The molecule has 0 aliphatic heterocycles. The van der Waals surface area contributed by atoms with E-state index in [1.165, 1.54) is 17.5 Å². The summed E-state index contributed by atoms with van der Waals surface area (Å²) < 4.78 is 59.7. The Morgan fingerprint density at radius 2 is 1.69 bits per heavy atom. The maximum absolute atomic E-state index is 14.1. The van der Waals surface area contributed by atoms with Crippen molar-refractivity contribution in [1.82, 2.24) is 0 Å². The maximum atomic E-state index is 14.1. The van der Waals surface area contributed by atoms with Crippen molar-refractivity contribution >= 4 is 28.9 Å². The molecule has 0 spiro atoms. The summed E-state index contributed by atoms with van der Waals surface area (Å²) in [6.45, 7) is 0. The molecule has 1 aromatic heterocycles. The quantitative estimate of drug-likeness (QED) is 0.449. The van der Waals surface area contributed by atoms with Crippen LogP contribution >= 0.6 is 11.3 Å². The first-order valence-electron chi connectivity index (χ1n) is 7.88. The first-order chi connectivity index (χ1) is 13.7. The van der Waals surface area contributed by atoms with Crippen LogP contribution in [0.3, 0.4) is 0 Å². The van der Waals surface area contributed by atoms with Gasteiger partial charge in [0.05, 0.1) is 17.7 Å². The van der Waals surface area contributed by atoms with E-state index in [-0.39, 0.29) is 16.1 Å². The molecule has 0 atom stereocenters. The van der Waals surface area contributed by atoms with Gasteiger partial charge in [-0.2, -0.15) is 4.39 Å². The van der Waals surface area contributed by atoms with Crippen LogP contribution in [0.1, 0.15) is 20.7 Å². The van der Waals surface area contributed by atoms with Gasteiger partial charge in [0.2, 0.25) is 5.82 Å². The molecule has 1 heterocycles. The zero-order chi connectivity index (χ0) is 21.3. The highest BCUT2D eigenvalue weighted by atomic mass is 32.1. The number of hydrogen-bond acceptors (Lipinski definition) is 4. The van der Waals surface area contributed by atoms with Gasteiger partial charge in [-0.25, -0.2) is 18.0 Å². The second-order valence-corrected chi connectivity index (χ2v) is 6.56. The van der Waals surface area contributed by atoms with E-state index in [4.69, 9.17) is 0 Å². The molecule has 0 fully saturated rings. The third kappa shape index (κ3) is 3.79. The zero-order valence-electron chi connectivity index (χ0n) is 14.6. The number of anilines is 1. The molecule has 1 amide bonds. The Labute approximate surface area is 165 Å². The number of thiophene rings is 1. The fourth-order valence-electron chi connectivity index (χ4n) is 2.59. The molecule has 0 aliphatic carbocycles. The highest BCUT2D eigenvalue weighted by molar-refractivity contribution is 7.14. The molecule has 0 saturated carbocycles. The SMILES string of the molecule is COc1cc(F)c(C(=O)Nc2csc(-c3ccc(F)cc3)c2C(=O)O)c(F)c1F. The summed E-state index contributed by atoms with van der Waals surface area (Å²) in [5.41, 5.74) is -1.47. The van der Waals surface area contributed by atoms with Crippen LogP contribution in [0.2, 0.25) is 0 Å². The third-order valence-electron chi connectivity index (χ3n) is 3.93. The van der Waals surface area contributed by atoms with E-state index >= 15 is 0 Å². The molecular weight excluding hydrogens is 414 g/mol. The molecule has 10 heteroatoms. The molecular formula is C19H11F4NO4S. The molecule has 0 unspecified atom stereocenters. The van der Waals surface area contributed by atoms with Crippen molar-refractivity contribution < 1.29 is 37.0 Å². The van der Waals surface area contributed by atoms with Crippen molar-refractivity contribution in [2.24, 2.45) is 0 Å². The van der Waals surface area contributed by atoms with Gasteiger partial charge in [-0.05, 0) is 17.7 Å². The van der Waals surface area contributed by atoms with Crippen molar-refractivity contribution in [3.63, 3.8) is 0 Å². The lowest BCUT2D eigenvalue weighted by Crippen LogP contribution is -2.18. The van der Waals surface area contributed by atoms with Gasteiger partial charge in [-0.15, -0.1) is 11.3 Å². The molecule has 150 valence electrons. The summed E-state index contributed by atoms with van der Waals surface area (Å²) in [5.74, 6) is -8.78. The number of aromatic carboxylic acids is 1. The minimum atomic E-state index is -1.77. The Morgan fingerprint density at radius 3 is 2.28 bits per heavy atom. The summed E-state index contributed by atoms with van der Waals surface area (Å²) in [4.78, 5) is 24.2. The van der Waals surface area contributed by atoms with Crippen LogP contribution in [0.15, 0.2) is 35.7 Å². The predicted octanol–water partition coefficient (Wildman–Crippen LogP) is 4.93. The van der Waals surface area contributed by atoms with E-state index in [0.29, 0.717) is 11.6 Å².